The molecule has 0 saturated carbocycles. The summed E-state index contributed by atoms with van der Waals surface area (Å²) in [6.45, 7) is 0.647. The van der Waals surface area contributed by atoms with Gasteiger partial charge in [-0.3, -0.25) is 0 Å². The van der Waals surface area contributed by atoms with Gasteiger partial charge in [0.25, 0.3) is 0 Å². The van der Waals surface area contributed by atoms with Crippen molar-refractivity contribution >= 4 is 15.9 Å². The van der Waals surface area contributed by atoms with Gasteiger partial charge in [-0.2, -0.15) is 0 Å². The molecule has 3 rings (SSSR count). The molecular weight excluding hydrogens is 364 g/mol. The summed E-state index contributed by atoms with van der Waals surface area (Å²) < 4.78 is 12.4. The quantitative estimate of drug-likeness (QED) is 0.741. The molecule has 118 valence electrons. The van der Waals surface area contributed by atoms with Gasteiger partial charge < -0.3 is 9.26 Å². The lowest BCUT2D eigenvalue weighted by atomic mass is 10.2. The first-order chi connectivity index (χ1) is 11.1. The van der Waals surface area contributed by atoms with Gasteiger partial charge in [0.1, 0.15) is 12.4 Å². The summed E-state index contributed by atoms with van der Waals surface area (Å²) in [7, 11) is 0. The Morgan fingerprint density at radius 2 is 1.87 bits per heavy atom. The van der Waals surface area contributed by atoms with Gasteiger partial charge in [-0.1, -0.05) is 40.2 Å². The predicted molar refractivity (Wildman–Crippen MR) is 87.6 cm³/mol. The van der Waals surface area contributed by atoms with Crippen LogP contribution < -0.4 is 16.2 Å². The van der Waals surface area contributed by atoms with E-state index < -0.39 is 11.4 Å². The van der Waals surface area contributed by atoms with E-state index in [0.717, 1.165) is 26.1 Å². The summed E-state index contributed by atoms with van der Waals surface area (Å²) in [6.07, 6.45) is 0. The lowest BCUT2D eigenvalue weighted by Gasteiger charge is -2.07. The van der Waals surface area contributed by atoms with Crippen molar-refractivity contribution in [2.45, 2.75) is 13.2 Å². The highest BCUT2D eigenvalue weighted by Crippen LogP contribution is 2.16. The second-order valence-corrected chi connectivity index (χ2v) is 5.82. The number of ether oxygens (including phenoxy) is 1. The van der Waals surface area contributed by atoms with Crippen LogP contribution in [0.25, 0.3) is 0 Å². The van der Waals surface area contributed by atoms with Gasteiger partial charge in [-0.25, -0.2) is 14.6 Å². The van der Waals surface area contributed by atoms with Gasteiger partial charge in [0, 0.05) is 4.47 Å². The SMILES string of the molecule is O=c1[nH]c(=O)n(Cc2ccc(OCc3cccc(Br)c3)cc2)o1. The van der Waals surface area contributed by atoms with Gasteiger partial charge in [-0.05, 0) is 35.4 Å². The number of aromatic nitrogens is 2. The normalized spacial score (nSPS) is 10.7. The molecule has 0 aliphatic rings. The summed E-state index contributed by atoms with van der Waals surface area (Å²) >= 11 is 3.42. The largest absolute Gasteiger partial charge is 0.489 e. The third-order valence-electron chi connectivity index (χ3n) is 3.17. The molecule has 0 saturated heterocycles. The van der Waals surface area contributed by atoms with Crippen LogP contribution >= 0.6 is 15.9 Å². The van der Waals surface area contributed by atoms with E-state index in [4.69, 9.17) is 9.26 Å². The van der Waals surface area contributed by atoms with E-state index in [9.17, 15) is 9.59 Å². The minimum Gasteiger partial charge on any atom is -0.489 e. The van der Waals surface area contributed by atoms with Gasteiger partial charge in [0.2, 0.25) is 0 Å². The van der Waals surface area contributed by atoms with Crippen LogP contribution in [0.3, 0.4) is 0 Å². The van der Waals surface area contributed by atoms with Crippen molar-refractivity contribution in [2.24, 2.45) is 0 Å². The summed E-state index contributed by atoms with van der Waals surface area (Å²) in [5, 5.41) is 0. The van der Waals surface area contributed by atoms with E-state index in [-0.39, 0.29) is 6.54 Å². The molecule has 1 heterocycles. The number of nitrogens with one attached hydrogen (secondary N) is 1. The smallest absolute Gasteiger partial charge is 0.440 e. The van der Waals surface area contributed by atoms with Crippen LogP contribution in [-0.2, 0) is 13.2 Å². The second kappa shape index (κ2) is 6.70. The highest BCUT2D eigenvalue weighted by molar-refractivity contribution is 9.10. The number of hydrogen-bond donors (Lipinski definition) is 1. The fourth-order valence-corrected chi connectivity index (χ4v) is 2.52. The first-order valence-electron chi connectivity index (χ1n) is 6.87. The van der Waals surface area contributed by atoms with Crippen molar-refractivity contribution in [3.05, 3.63) is 85.2 Å². The lowest BCUT2D eigenvalue weighted by Crippen LogP contribution is -2.17. The molecule has 3 aromatic rings. The molecule has 1 aromatic heterocycles. The third-order valence-corrected chi connectivity index (χ3v) is 3.67. The molecule has 7 heteroatoms. The zero-order valence-corrected chi connectivity index (χ0v) is 13.6. The molecule has 0 aliphatic heterocycles. The van der Waals surface area contributed by atoms with Crippen molar-refractivity contribution < 1.29 is 9.26 Å². The molecule has 2 aromatic carbocycles. The van der Waals surface area contributed by atoms with E-state index in [1.54, 1.807) is 0 Å². The monoisotopic (exact) mass is 376 g/mol. The highest BCUT2D eigenvalue weighted by Gasteiger charge is 2.04. The Morgan fingerprint density at radius 3 is 2.52 bits per heavy atom. The van der Waals surface area contributed by atoms with Gasteiger partial charge >= 0.3 is 11.4 Å². The Kier molecular flexibility index (Phi) is 4.47. The average molecular weight is 377 g/mol. The van der Waals surface area contributed by atoms with Crippen LogP contribution in [0.4, 0.5) is 0 Å². The second-order valence-electron chi connectivity index (χ2n) is 4.91. The molecular formula is C16H13BrN2O4. The number of rotatable bonds is 5. The molecule has 1 N–H and O–H groups in total. The molecule has 0 spiro atoms. The fraction of sp³-hybridized carbons (Fsp3) is 0.125. The highest BCUT2D eigenvalue weighted by atomic mass is 79.9. The predicted octanol–water partition coefficient (Wildman–Crippen LogP) is 2.52. The number of hydrogen-bond acceptors (Lipinski definition) is 4. The molecule has 23 heavy (non-hydrogen) atoms. The first-order valence-corrected chi connectivity index (χ1v) is 7.66. The van der Waals surface area contributed by atoms with E-state index in [0.29, 0.717) is 6.61 Å². The Bertz CT molecular complexity index is 909. The molecule has 6 nitrogen and oxygen atoms in total. The molecule has 0 radical (unpaired) electrons. The molecule has 0 amide bonds. The van der Waals surface area contributed by atoms with Crippen molar-refractivity contribution in [3.63, 3.8) is 0 Å². The maximum atomic E-state index is 11.4. The van der Waals surface area contributed by atoms with Crippen molar-refractivity contribution in [2.75, 3.05) is 0 Å². The molecule has 0 fully saturated rings. The van der Waals surface area contributed by atoms with Crippen LogP contribution in [0.1, 0.15) is 11.1 Å². The summed E-state index contributed by atoms with van der Waals surface area (Å²) in [5.41, 5.74) is 1.32. The average Bonchev–Trinajstić information content (AvgIpc) is 2.84. The summed E-state index contributed by atoms with van der Waals surface area (Å²) in [5.74, 6) is -0.0411. The zero-order valence-electron chi connectivity index (χ0n) is 12.0. The van der Waals surface area contributed by atoms with E-state index >= 15 is 0 Å². The summed E-state index contributed by atoms with van der Waals surface area (Å²) in [4.78, 5) is 24.4. The number of benzene rings is 2. The van der Waals surface area contributed by atoms with Gasteiger partial charge in [0.05, 0.1) is 6.54 Å². The summed E-state index contributed by atoms with van der Waals surface area (Å²) in [6, 6.07) is 15.1. The number of H-pyrrole nitrogens is 1. The van der Waals surface area contributed by atoms with Crippen LogP contribution in [0.5, 0.6) is 5.75 Å². The third kappa shape index (κ3) is 4.01. The van der Waals surface area contributed by atoms with Crippen molar-refractivity contribution in [3.8, 4) is 5.75 Å². The Balaban J connectivity index is 1.64. The number of aromatic amines is 1. The van der Waals surface area contributed by atoms with Crippen molar-refractivity contribution in [1.82, 2.24) is 9.72 Å². The van der Waals surface area contributed by atoms with E-state index in [2.05, 4.69) is 15.9 Å². The van der Waals surface area contributed by atoms with Gasteiger partial charge in [-0.15, -0.1) is 4.74 Å². The van der Waals surface area contributed by atoms with Crippen molar-refractivity contribution in [1.29, 1.82) is 0 Å². The Hall–Kier alpha value is -2.54. The molecule has 0 aliphatic carbocycles. The van der Waals surface area contributed by atoms with Gasteiger partial charge in [0.15, 0.2) is 0 Å². The minimum absolute atomic E-state index is 0.184. The lowest BCUT2D eigenvalue weighted by molar-refractivity contribution is 0.258. The molecule has 0 atom stereocenters. The zero-order chi connectivity index (χ0) is 16.2. The first kappa shape index (κ1) is 15.4. The van der Waals surface area contributed by atoms with E-state index in [1.165, 1.54) is 0 Å². The fourth-order valence-electron chi connectivity index (χ4n) is 2.07. The van der Waals surface area contributed by atoms with Crippen LogP contribution in [0, 0.1) is 0 Å². The van der Waals surface area contributed by atoms with Crippen LogP contribution in [-0.4, -0.2) is 9.72 Å². The number of halogens is 1. The minimum atomic E-state index is -0.760. The Labute approximate surface area is 139 Å². The maximum absolute atomic E-state index is 11.4. The van der Waals surface area contributed by atoms with E-state index in [1.807, 2.05) is 53.5 Å². The standard InChI is InChI=1S/C16H13BrN2O4/c17-13-3-1-2-12(8-13)10-22-14-6-4-11(5-7-14)9-19-15(20)18-16(21)23-19/h1-8H,9-10H2,(H,18,20,21). The maximum Gasteiger partial charge on any atom is 0.440 e. The Morgan fingerprint density at radius 1 is 1.09 bits per heavy atom. The molecule has 0 bridgehead atoms. The molecule has 0 unspecified atom stereocenters. The van der Waals surface area contributed by atoms with Crippen LogP contribution in [0.15, 0.2) is 67.1 Å². The number of nitrogens with zero attached hydrogens (tertiary/aromatic N) is 1. The topological polar surface area (TPSA) is 77.2 Å². The van der Waals surface area contributed by atoms with Crippen LogP contribution in [0.2, 0.25) is 0 Å².